The largest absolute Gasteiger partial charge is 0.396 e. The van der Waals surface area contributed by atoms with E-state index in [0.29, 0.717) is 18.2 Å². The van der Waals surface area contributed by atoms with Gasteiger partial charge in [0, 0.05) is 18.2 Å². The van der Waals surface area contributed by atoms with Crippen molar-refractivity contribution in [1.29, 1.82) is 0 Å². The molecule has 2 N–H and O–H groups in total. The minimum absolute atomic E-state index is 0.229. The summed E-state index contributed by atoms with van der Waals surface area (Å²) in [7, 11) is 2.02. The molecule has 0 bridgehead atoms. The molecular formula is C13H21FN2S. The van der Waals surface area contributed by atoms with E-state index in [1.807, 2.05) is 18.8 Å². The van der Waals surface area contributed by atoms with E-state index in [0.717, 1.165) is 12.2 Å². The molecule has 0 aliphatic heterocycles. The van der Waals surface area contributed by atoms with Crippen molar-refractivity contribution in [1.82, 2.24) is 4.90 Å². The quantitative estimate of drug-likeness (QED) is 0.793. The topological polar surface area (TPSA) is 29.3 Å². The highest BCUT2D eigenvalue weighted by Gasteiger charge is 2.12. The second-order valence-electron chi connectivity index (χ2n) is 4.37. The lowest BCUT2D eigenvalue weighted by Crippen LogP contribution is -2.29. The zero-order valence-electron chi connectivity index (χ0n) is 10.7. The Morgan fingerprint density at radius 3 is 2.82 bits per heavy atom. The Labute approximate surface area is 107 Å². The van der Waals surface area contributed by atoms with E-state index in [2.05, 4.69) is 18.1 Å². The second kappa shape index (κ2) is 6.87. The van der Waals surface area contributed by atoms with Gasteiger partial charge in [-0.15, -0.1) is 0 Å². The normalized spacial score (nSPS) is 13.0. The van der Waals surface area contributed by atoms with E-state index < -0.39 is 0 Å². The molecule has 0 aliphatic rings. The molecule has 1 aromatic rings. The van der Waals surface area contributed by atoms with Gasteiger partial charge >= 0.3 is 0 Å². The molecule has 0 spiro atoms. The van der Waals surface area contributed by atoms with Crippen LogP contribution >= 0.6 is 11.8 Å². The van der Waals surface area contributed by atoms with Crippen LogP contribution in [0.15, 0.2) is 18.2 Å². The molecular weight excluding hydrogens is 235 g/mol. The van der Waals surface area contributed by atoms with Crippen LogP contribution in [0.5, 0.6) is 0 Å². The van der Waals surface area contributed by atoms with Gasteiger partial charge in [-0.2, -0.15) is 11.8 Å². The van der Waals surface area contributed by atoms with Crippen LogP contribution in [-0.4, -0.2) is 30.0 Å². The number of hydrogen-bond acceptors (Lipinski definition) is 3. The number of hydrogen-bond donors (Lipinski definition) is 1. The highest BCUT2D eigenvalue weighted by atomic mass is 32.2. The van der Waals surface area contributed by atoms with Crippen molar-refractivity contribution in [3.8, 4) is 0 Å². The fourth-order valence-corrected chi connectivity index (χ4v) is 2.23. The smallest absolute Gasteiger partial charge is 0.150 e. The first kappa shape index (κ1) is 14.3. The lowest BCUT2D eigenvalue weighted by Gasteiger charge is -2.24. The molecule has 1 aromatic carbocycles. The predicted molar refractivity (Wildman–Crippen MR) is 74.7 cm³/mol. The fraction of sp³-hybridized carbons (Fsp3) is 0.538. The van der Waals surface area contributed by atoms with E-state index >= 15 is 0 Å². The molecule has 0 radical (unpaired) electrons. The number of benzene rings is 1. The first-order valence-corrected chi connectivity index (χ1v) is 7.17. The number of halogens is 1. The van der Waals surface area contributed by atoms with E-state index in [1.54, 1.807) is 18.2 Å². The maximum Gasteiger partial charge on any atom is 0.150 e. The zero-order chi connectivity index (χ0) is 12.8. The molecule has 0 aromatic heterocycles. The monoisotopic (exact) mass is 256 g/mol. The van der Waals surface area contributed by atoms with Gasteiger partial charge in [0.1, 0.15) is 0 Å². The molecule has 2 nitrogen and oxygen atoms in total. The molecule has 0 fully saturated rings. The summed E-state index contributed by atoms with van der Waals surface area (Å²) in [5.41, 5.74) is 6.46. The molecule has 0 saturated heterocycles. The standard InChI is InChI=1S/C13H21FN2S/c1-10(7-8-17-3)16(2)9-11-5-4-6-12(15)13(11)14/h4-6,10H,7-9,15H2,1-3H3. The summed E-state index contributed by atoms with van der Waals surface area (Å²) < 4.78 is 13.7. The van der Waals surface area contributed by atoms with Gasteiger partial charge in [0.05, 0.1) is 5.69 Å². The Kier molecular flexibility index (Phi) is 5.78. The number of nitrogen functional groups attached to an aromatic ring is 1. The van der Waals surface area contributed by atoms with Gasteiger partial charge in [-0.25, -0.2) is 4.39 Å². The van der Waals surface area contributed by atoms with Crippen molar-refractivity contribution in [2.24, 2.45) is 0 Å². The van der Waals surface area contributed by atoms with Crippen LogP contribution in [0, 0.1) is 5.82 Å². The average molecular weight is 256 g/mol. The number of nitrogens with two attached hydrogens (primary N) is 1. The Bertz CT molecular complexity index is 357. The molecule has 1 atom stereocenters. The SMILES string of the molecule is CSCCC(C)N(C)Cc1cccc(N)c1F. The van der Waals surface area contributed by atoms with E-state index in [9.17, 15) is 4.39 Å². The first-order valence-electron chi connectivity index (χ1n) is 5.78. The Hall–Kier alpha value is -0.740. The Balaban J connectivity index is 2.61. The van der Waals surface area contributed by atoms with Gasteiger partial charge in [0.15, 0.2) is 5.82 Å². The van der Waals surface area contributed by atoms with Gasteiger partial charge in [-0.05, 0) is 38.5 Å². The summed E-state index contributed by atoms with van der Waals surface area (Å²) in [4.78, 5) is 2.16. The lowest BCUT2D eigenvalue weighted by molar-refractivity contribution is 0.242. The second-order valence-corrected chi connectivity index (χ2v) is 5.35. The third-order valence-electron chi connectivity index (χ3n) is 3.02. The minimum atomic E-state index is -0.281. The average Bonchev–Trinajstić information content (AvgIpc) is 2.31. The summed E-state index contributed by atoms with van der Waals surface area (Å²) in [5.74, 6) is 0.849. The van der Waals surface area contributed by atoms with Crippen LogP contribution in [-0.2, 0) is 6.54 Å². The van der Waals surface area contributed by atoms with Gasteiger partial charge in [-0.1, -0.05) is 12.1 Å². The number of rotatable bonds is 6. The van der Waals surface area contributed by atoms with Crippen LogP contribution in [0.4, 0.5) is 10.1 Å². The van der Waals surface area contributed by atoms with E-state index in [1.165, 1.54) is 0 Å². The summed E-state index contributed by atoms with van der Waals surface area (Å²) in [5, 5.41) is 0. The molecule has 1 unspecified atom stereocenters. The van der Waals surface area contributed by atoms with Crippen molar-refractivity contribution < 1.29 is 4.39 Å². The van der Waals surface area contributed by atoms with E-state index in [4.69, 9.17) is 5.73 Å². The summed E-state index contributed by atoms with van der Waals surface area (Å²) in [6.07, 6.45) is 3.21. The third kappa shape index (κ3) is 4.21. The Morgan fingerprint density at radius 1 is 1.47 bits per heavy atom. The van der Waals surface area contributed by atoms with Crippen molar-refractivity contribution in [2.45, 2.75) is 25.9 Å². The lowest BCUT2D eigenvalue weighted by atomic mass is 10.1. The molecule has 1 rings (SSSR count). The Morgan fingerprint density at radius 2 is 2.18 bits per heavy atom. The highest BCUT2D eigenvalue weighted by Crippen LogP contribution is 2.17. The van der Waals surface area contributed by atoms with Crippen LogP contribution < -0.4 is 5.73 Å². The van der Waals surface area contributed by atoms with E-state index in [-0.39, 0.29) is 11.5 Å². The molecule has 0 heterocycles. The summed E-state index contributed by atoms with van der Waals surface area (Å²) >= 11 is 1.84. The van der Waals surface area contributed by atoms with Crippen LogP contribution in [0.25, 0.3) is 0 Å². The maximum absolute atomic E-state index is 13.7. The highest BCUT2D eigenvalue weighted by molar-refractivity contribution is 7.98. The molecule has 0 saturated carbocycles. The number of thioether (sulfide) groups is 1. The van der Waals surface area contributed by atoms with Crippen molar-refractivity contribution in [3.63, 3.8) is 0 Å². The maximum atomic E-state index is 13.7. The van der Waals surface area contributed by atoms with Crippen LogP contribution in [0.2, 0.25) is 0 Å². The van der Waals surface area contributed by atoms with Crippen LogP contribution in [0.3, 0.4) is 0 Å². The van der Waals surface area contributed by atoms with Gasteiger partial charge in [0.25, 0.3) is 0 Å². The van der Waals surface area contributed by atoms with Gasteiger partial charge < -0.3 is 5.73 Å². The molecule has 4 heteroatoms. The van der Waals surface area contributed by atoms with Crippen LogP contribution in [0.1, 0.15) is 18.9 Å². The molecule has 0 amide bonds. The van der Waals surface area contributed by atoms with Crippen molar-refractivity contribution in [2.75, 3.05) is 24.8 Å². The number of nitrogens with zero attached hydrogens (tertiary/aromatic N) is 1. The summed E-state index contributed by atoms with van der Waals surface area (Å²) in [6, 6.07) is 5.64. The summed E-state index contributed by atoms with van der Waals surface area (Å²) in [6.45, 7) is 2.77. The zero-order valence-corrected chi connectivity index (χ0v) is 11.6. The first-order chi connectivity index (χ1) is 8.06. The number of anilines is 1. The van der Waals surface area contributed by atoms with Gasteiger partial charge in [0.2, 0.25) is 0 Å². The predicted octanol–water partition coefficient (Wildman–Crippen LogP) is 2.98. The fourth-order valence-electron chi connectivity index (χ4n) is 1.66. The molecule has 96 valence electrons. The molecule has 17 heavy (non-hydrogen) atoms. The minimum Gasteiger partial charge on any atom is -0.396 e. The van der Waals surface area contributed by atoms with Crippen molar-refractivity contribution in [3.05, 3.63) is 29.6 Å². The third-order valence-corrected chi connectivity index (χ3v) is 3.66. The van der Waals surface area contributed by atoms with Gasteiger partial charge in [-0.3, -0.25) is 4.90 Å². The molecule has 0 aliphatic carbocycles. The van der Waals surface area contributed by atoms with Crippen molar-refractivity contribution >= 4 is 17.4 Å².